The van der Waals surface area contributed by atoms with Crippen molar-refractivity contribution in [3.63, 3.8) is 0 Å². The molecule has 0 aromatic carbocycles. The summed E-state index contributed by atoms with van der Waals surface area (Å²) in [6.07, 6.45) is 4.30. The van der Waals surface area contributed by atoms with Gasteiger partial charge in [0.25, 0.3) is 0 Å². The molecule has 0 aromatic rings. The van der Waals surface area contributed by atoms with E-state index in [-0.39, 0.29) is 25.2 Å². The molecule has 0 bridgehead atoms. The topological polar surface area (TPSA) is 61.8 Å². The zero-order valence-electron chi connectivity index (χ0n) is 13.4. The van der Waals surface area contributed by atoms with Gasteiger partial charge in [-0.1, -0.05) is 12.2 Å². The zero-order chi connectivity index (χ0) is 16.5. The highest BCUT2D eigenvalue weighted by atomic mass is 16.5. The summed E-state index contributed by atoms with van der Waals surface area (Å²) in [7, 11) is 0. The van der Waals surface area contributed by atoms with Gasteiger partial charge in [0.2, 0.25) is 0 Å². The molecule has 5 heteroatoms. The van der Waals surface area contributed by atoms with Crippen LogP contribution in [0.5, 0.6) is 0 Å². The van der Waals surface area contributed by atoms with Crippen molar-refractivity contribution in [2.24, 2.45) is 0 Å². The molecule has 2 unspecified atom stereocenters. The molecule has 0 heterocycles. The molecule has 21 heavy (non-hydrogen) atoms. The van der Waals surface area contributed by atoms with E-state index in [1.165, 1.54) is 13.8 Å². The number of carbonyl (C=O) groups is 2. The molecule has 0 saturated carbocycles. The molecular formula is C16H26O5. The lowest BCUT2D eigenvalue weighted by Crippen LogP contribution is -2.40. The second-order valence-corrected chi connectivity index (χ2v) is 5.32. The van der Waals surface area contributed by atoms with Crippen LogP contribution in [0, 0.1) is 0 Å². The fourth-order valence-electron chi connectivity index (χ4n) is 1.72. The fourth-order valence-corrected chi connectivity index (χ4v) is 1.72. The van der Waals surface area contributed by atoms with Crippen LogP contribution < -0.4 is 0 Å². The molecule has 0 aliphatic rings. The normalized spacial score (nSPS) is 16.2. The summed E-state index contributed by atoms with van der Waals surface area (Å²) < 4.78 is 15.9. The molecule has 0 amide bonds. The van der Waals surface area contributed by atoms with Gasteiger partial charge in [-0.3, -0.25) is 9.59 Å². The molecule has 0 spiro atoms. The SMILES string of the molecule is C=CC(C)(CCOC(C)=O)OC(C)(C=C)CCOC(C)=O. The second kappa shape index (κ2) is 8.62. The highest BCUT2D eigenvalue weighted by molar-refractivity contribution is 5.66. The predicted octanol–water partition coefficient (Wildman–Crippen LogP) is 2.80. The molecule has 0 saturated heterocycles. The van der Waals surface area contributed by atoms with Gasteiger partial charge in [0.05, 0.1) is 24.4 Å². The maximum absolute atomic E-state index is 10.8. The Balaban J connectivity index is 4.62. The lowest BCUT2D eigenvalue weighted by Gasteiger charge is -2.37. The van der Waals surface area contributed by atoms with Crippen LogP contribution in [0.25, 0.3) is 0 Å². The minimum atomic E-state index is -0.672. The summed E-state index contributed by atoms with van der Waals surface area (Å²) in [5.41, 5.74) is -1.34. The Bertz CT molecular complexity index is 354. The quantitative estimate of drug-likeness (QED) is 0.458. The Labute approximate surface area is 126 Å². The zero-order valence-corrected chi connectivity index (χ0v) is 13.4. The Kier molecular flexibility index (Phi) is 7.95. The van der Waals surface area contributed by atoms with Crippen molar-refractivity contribution in [1.29, 1.82) is 0 Å². The summed E-state index contributed by atoms with van der Waals surface area (Å²) in [5, 5.41) is 0. The first-order valence-corrected chi connectivity index (χ1v) is 6.90. The van der Waals surface area contributed by atoms with Crippen LogP contribution in [0.15, 0.2) is 25.3 Å². The Hall–Kier alpha value is -1.62. The summed E-state index contributed by atoms with van der Waals surface area (Å²) >= 11 is 0. The number of rotatable bonds is 10. The monoisotopic (exact) mass is 298 g/mol. The van der Waals surface area contributed by atoms with Crippen LogP contribution in [-0.4, -0.2) is 36.4 Å². The minimum absolute atomic E-state index is 0.245. The first kappa shape index (κ1) is 19.4. The summed E-state index contributed by atoms with van der Waals surface area (Å²) in [4.78, 5) is 21.6. The van der Waals surface area contributed by atoms with Gasteiger partial charge in [0.15, 0.2) is 0 Å². The maximum atomic E-state index is 10.8. The lowest BCUT2D eigenvalue weighted by molar-refractivity contribution is -0.147. The van der Waals surface area contributed by atoms with Crippen molar-refractivity contribution in [3.8, 4) is 0 Å². The van der Waals surface area contributed by atoms with E-state index in [0.717, 1.165) is 0 Å². The van der Waals surface area contributed by atoms with Gasteiger partial charge in [-0.25, -0.2) is 0 Å². The van der Waals surface area contributed by atoms with Crippen LogP contribution in [-0.2, 0) is 23.8 Å². The average Bonchev–Trinajstić information content (AvgIpc) is 2.37. The largest absolute Gasteiger partial charge is 0.466 e. The minimum Gasteiger partial charge on any atom is -0.466 e. The molecule has 0 aliphatic heterocycles. The third-order valence-corrected chi connectivity index (χ3v) is 3.14. The van der Waals surface area contributed by atoms with Crippen LogP contribution in [0.2, 0.25) is 0 Å². The third-order valence-electron chi connectivity index (χ3n) is 3.14. The van der Waals surface area contributed by atoms with Crippen molar-refractivity contribution in [3.05, 3.63) is 25.3 Å². The van der Waals surface area contributed by atoms with E-state index < -0.39 is 11.2 Å². The van der Waals surface area contributed by atoms with E-state index in [4.69, 9.17) is 14.2 Å². The molecule has 0 radical (unpaired) electrons. The number of hydrogen-bond donors (Lipinski definition) is 0. The molecule has 0 rings (SSSR count). The van der Waals surface area contributed by atoms with Crippen LogP contribution >= 0.6 is 0 Å². The average molecular weight is 298 g/mol. The van der Waals surface area contributed by atoms with Crippen LogP contribution in [0.4, 0.5) is 0 Å². The molecule has 2 atom stereocenters. The summed E-state index contributed by atoms with van der Waals surface area (Å²) in [5.74, 6) is -0.662. The van der Waals surface area contributed by atoms with Gasteiger partial charge in [-0.2, -0.15) is 0 Å². The van der Waals surface area contributed by atoms with E-state index in [9.17, 15) is 9.59 Å². The number of hydrogen-bond acceptors (Lipinski definition) is 5. The molecule has 0 aliphatic carbocycles. The van der Waals surface area contributed by atoms with Gasteiger partial charge >= 0.3 is 11.9 Å². The van der Waals surface area contributed by atoms with Crippen molar-refractivity contribution in [1.82, 2.24) is 0 Å². The van der Waals surface area contributed by atoms with Gasteiger partial charge in [-0.15, -0.1) is 13.2 Å². The molecular weight excluding hydrogens is 272 g/mol. The van der Waals surface area contributed by atoms with E-state index in [2.05, 4.69) is 13.2 Å². The number of esters is 2. The predicted molar refractivity (Wildman–Crippen MR) is 80.8 cm³/mol. The van der Waals surface area contributed by atoms with Crippen molar-refractivity contribution in [2.75, 3.05) is 13.2 Å². The smallest absolute Gasteiger partial charge is 0.302 e. The number of carbonyl (C=O) groups excluding carboxylic acids is 2. The van der Waals surface area contributed by atoms with Gasteiger partial charge < -0.3 is 14.2 Å². The van der Waals surface area contributed by atoms with E-state index in [1.54, 1.807) is 12.2 Å². The van der Waals surface area contributed by atoms with E-state index in [0.29, 0.717) is 12.8 Å². The van der Waals surface area contributed by atoms with Crippen molar-refractivity contribution in [2.45, 2.75) is 51.7 Å². The lowest BCUT2D eigenvalue weighted by atomic mass is 9.97. The van der Waals surface area contributed by atoms with Crippen molar-refractivity contribution >= 4 is 11.9 Å². The fraction of sp³-hybridized carbons (Fsp3) is 0.625. The van der Waals surface area contributed by atoms with Crippen LogP contribution in [0.3, 0.4) is 0 Å². The van der Waals surface area contributed by atoms with Gasteiger partial charge in [0, 0.05) is 26.7 Å². The first-order valence-electron chi connectivity index (χ1n) is 6.90. The van der Waals surface area contributed by atoms with E-state index in [1.807, 2.05) is 13.8 Å². The highest BCUT2D eigenvalue weighted by Gasteiger charge is 2.32. The van der Waals surface area contributed by atoms with Crippen molar-refractivity contribution < 1.29 is 23.8 Å². The molecule has 120 valence electrons. The molecule has 0 fully saturated rings. The highest BCUT2D eigenvalue weighted by Crippen LogP contribution is 2.28. The molecule has 0 N–H and O–H groups in total. The van der Waals surface area contributed by atoms with E-state index >= 15 is 0 Å². The van der Waals surface area contributed by atoms with Gasteiger partial charge in [-0.05, 0) is 13.8 Å². The first-order chi connectivity index (χ1) is 9.66. The summed E-state index contributed by atoms with van der Waals surface area (Å²) in [6, 6.07) is 0. The van der Waals surface area contributed by atoms with Crippen LogP contribution in [0.1, 0.15) is 40.5 Å². The molecule has 5 nitrogen and oxygen atoms in total. The maximum Gasteiger partial charge on any atom is 0.302 e. The Morgan fingerprint density at radius 1 is 0.905 bits per heavy atom. The second-order valence-electron chi connectivity index (χ2n) is 5.32. The summed E-state index contributed by atoms with van der Waals surface area (Å²) in [6.45, 7) is 14.5. The number of ether oxygens (including phenoxy) is 3. The third kappa shape index (κ3) is 8.30. The Morgan fingerprint density at radius 3 is 1.48 bits per heavy atom. The standard InChI is InChI=1S/C16H26O5/c1-7-15(5,9-11-19-13(3)17)21-16(6,8-2)10-12-20-14(4)18/h7-8H,1-2,9-12H2,3-6H3. The Morgan fingerprint density at radius 2 is 1.24 bits per heavy atom. The molecule has 0 aromatic heterocycles. The van der Waals surface area contributed by atoms with Gasteiger partial charge in [0.1, 0.15) is 0 Å².